The molecule has 1 aliphatic rings. The van der Waals surface area contributed by atoms with Gasteiger partial charge in [0, 0.05) is 12.6 Å². The van der Waals surface area contributed by atoms with Gasteiger partial charge in [0.2, 0.25) is 0 Å². The highest BCUT2D eigenvalue weighted by atomic mass is 16.3. The van der Waals surface area contributed by atoms with Crippen molar-refractivity contribution in [2.75, 3.05) is 13.2 Å². The zero-order chi connectivity index (χ0) is 8.81. The lowest BCUT2D eigenvalue weighted by Crippen LogP contribution is -2.40. The second-order valence-electron chi connectivity index (χ2n) is 3.49. The molecule has 3 N–H and O–H groups in total. The van der Waals surface area contributed by atoms with Crippen molar-refractivity contribution in [3.63, 3.8) is 0 Å². The van der Waals surface area contributed by atoms with E-state index in [0.717, 1.165) is 19.3 Å². The van der Waals surface area contributed by atoms with E-state index in [4.69, 9.17) is 5.11 Å². The van der Waals surface area contributed by atoms with Crippen LogP contribution in [0.15, 0.2) is 0 Å². The first-order chi connectivity index (χ1) is 5.84. The van der Waals surface area contributed by atoms with Crippen LogP contribution in [0.2, 0.25) is 0 Å². The average molecular weight is 173 g/mol. The van der Waals surface area contributed by atoms with E-state index >= 15 is 0 Å². The first-order valence-electron chi connectivity index (χ1n) is 4.87. The molecule has 0 saturated heterocycles. The molecule has 0 aromatic carbocycles. The van der Waals surface area contributed by atoms with E-state index in [-0.39, 0.29) is 18.8 Å². The number of hydrogen-bond acceptors (Lipinski definition) is 3. The monoisotopic (exact) mass is 173 g/mol. The van der Waals surface area contributed by atoms with E-state index in [9.17, 15) is 5.11 Å². The van der Waals surface area contributed by atoms with Gasteiger partial charge in [-0.3, -0.25) is 0 Å². The summed E-state index contributed by atoms with van der Waals surface area (Å²) in [5, 5.41) is 21.4. The first kappa shape index (κ1) is 9.96. The summed E-state index contributed by atoms with van der Waals surface area (Å²) in [5.41, 5.74) is 0. The molecule has 2 unspecified atom stereocenters. The summed E-state index contributed by atoms with van der Waals surface area (Å²) in [6.45, 7) is 0.755. The van der Waals surface area contributed by atoms with Crippen LogP contribution in [0.1, 0.15) is 32.1 Å². The molecule has 72 valence electrons. The van der Waals surface area contributed by atoms with Gasteiger partial charge < -0.3 is 15.5 Å². The average Bonchev–Trinajstić information content (AvgIpc) is 2.27. The lowest BCUT2D eigenvalue weighted by atomic mass is 10.1. The maximum Gasteiger partial charge on any atom is 0.0693 e. The number of rotatable bonds is 3. The Morgan fingerprint density at radius 3 is 2.67 bits per heavy atom. The zero-order valence-corrected chi connectivity index (χ0v) is 7.50. The Morgan fingerprint density at radius 2 is 1.92 bits per heavy atom. The minimum absolute atomic E-state index is 0.156. The fourth-order valence-electron chi connectivity index (χ4n) is 1.78. The number of aliphatic hydroxyl groups excluding tert-OH is 2. The molecule has 1 fully saturated rings. The third-order valence-electron chi connectivity index (χ3n) is 2.50. The summed E-state index contributed by atoms with van der Waals surface area (Å²) < 4.78 is 0. The van der Waals surface area contributed by atoms with E-state index in [1.165, 1.54) is 12.8 Å². The van der Waals surface area contributed by atoms with Crippen LogP contribution >= 0.6 is 0 Å². The van der Waals surface area contributed by atoms with Crippen LogP contribution in [0.25, 0.3) is 0 Å². The smallest absolute Gasteiger partial charge is 0.0693 e. The molecule has 1 rings (SSSR count). The van der Waals surface area contributed by atoms with Crippen LogP contribution < -0.4 is 5.32 Å². The molecule has 1 saturated carbocycles. The molecule has 2 atom stereocenters. The summed E-state index contributed by atoms with van der Waals surface area (Å²) in [6.07, 6.45) is 5.30. The van der Waals surface area contributed by atoms with Crippen molar-refractivity contribution in [1.82, 2.24) is 5.32 Å². The van der Waals surface area contributed by atoms with Gasteiger partial charge in [-0.05, 0) is 12.8 Å². The standard InChI is InChI=1S/C9H19NO2/c11-7-6-10-8-4-2-1-3-5-9(8)12/h8-12H,1-7H2. The summed E-state index contributed by atoms with van der Waals surface area (Å²) in [4.78, 5) is 0. The van der Waals surface area contributed by atoms with Crippen LogP contribution in [-0.2, 0) is 0 Å². The van der Waals surface area contributed by atoms with Crippen LogP contribution in [-0.4, -0.2) is 35.5 Å². The lowest BCUT2D eigenvalue weighted by Gasteiger charge is -2.21. The van der Waals surface area contributed by atoms with E-state index in [1.54, 1.807) is 0 Å². The summed E-state index contributed by atoms with van der Waals surface area (Å²) in [6, 6.07) is 0.208. The number of aliphatic hydroxyl groups is 2. The SMILES string of the molecule is OCCNC1CCCCCC1O. The minimum Gasteiger partial charge on any atom is -0.395 e. The van der Waals surface area contributed by atoms with Crippen molar-refractivity contribution in [1.29, 1.82) is 0 Å². The van der Waals surface area contributed by atoms with Gasteiger partial charge >= 0.3 is 0 Å². The second-order valence-corrected chi connectivity index (χ2v) is 3.49. The molecule has 0 spiro atoms. The molecule has 3 nitrogen and oxygen atoms in total. The Kier molecular flexibility index (Phi) is 4.58. The van der Waals surface area contributed by atoms with Crippen molar-refractivity contribution in [2.45, 2.75) is 44.2 Å². The molecular formula is C9H19NO2. The normalized spacial score (nSPS) is 31.5. The van der Waals surface area contributed by atoms with Crippen molar-refractivity contribution < 1.29 is 10.2 Å². The summed E-state index contributed by atoms with van der Waals surface area (Å²) in [7, 11) is 0. The van der Waals surface area contributed by atoms with E-state index in [2.05, 4.69) is 5.32 Å². The Balaban J connectivity index is 2.26. The van der Waals surface area contributed by atoms with E-state index in [0.29, 0.717) is 6.54 Å². The molecule has 0 radical (unpaired) electrons. The predicted octanol–water partition coefficient (Wildman–Crippen LogP) is 0.262. The molecule has 1 aliphatic carbocycles. The van der Waals surface area contributed by atoms with Gasteiger partial charge in [-0.15, -0.1) is 0 Å². The summed E-state index contributed by atoms with van der Waals surface area (Å²) in [5.74, 6) is 0. The van der Waals surface area contributed by atoms with Crippen molar-refractivity contribution >= 4 is 0 Å². The Labute approximate surface area is 73.8 Å². The molecule has 3 heteroatoms. The molecule has 0 bridgehead atoms. The molecule has 0 amide bonds. The highest BCUT2D eigenvalue weighted by Crippen LogP contribution is 2.17. The molecular weight excluding hydrogens is 154 g/mol. The Bertz CT molecular complexity index is 119. The highest BCUT2D eigenvalue weighted by Gasteiger charge is 2.20. The fourth-order valence-corrected chi connectivity index (χ4v) is 1.78. The predicted molar refractivity (Wildman–Crippen MR) is 48.0 cm³/mol. The van der Waals surface area contributed by atoms with Crippen LogP contribution in [0.3, 0.4) is 0 Å². The van der Waals surface area contributed by atoms with Gasteiger partial charge in [0.1, 0.15) is 0 Å². The van der Waals surface area contributed by atoms with Crippen LogP contribution in [0.5, 0.6) is 0 Å². The van der Waals surface area contributed by atoms with Crippen molar-refractivity contribution in [2.24, 2.45) is 0 Å². The third kappa shape index (κ3) is 3.09. The largest absolute Gasteiger partial charge is 0.395 e. The van der Waals surface area contributed by atoms with Gasteiger partial charge in [-0.2, -0.15) is 0 Å². The molecule has 0 aromatic rings. The second kappa shape index (κ2) is 5.51. The third-order valence-corrected chi connectivity index (χ3v) is 2.50. The maximum atomic E-state index is 9.63. The summed E-state index contributed by atoms with van der Waals surface area (Å²) >= 11 is 0. The Hall–Kier alpha value is -0.120. The Morgan fingerprint density at radius 1 is 1.17 bits per heavy atom. The van der Waals surface area contributed by atoms with Crippen LogP contribution in [0, 0.1) is 0 Å². The van der Waals surface area contributed by atoms with Crippen LogP contribution in [0.4, 0.5) is 0 Å². The number of nitrogens with one attached hydrogen (secondary N) is 1. The van der Waals surface area contributed by atoms with Gasteiger partial charge in [0.05, 0.1) is 12.7 Å². The minimum atomic E-state index is -0.209. The van der Waals surface area contributed by atoms with Crippen molar-refractivity contribution in [3.8, 4) is 0 Å². The lowest BCUT2D eigenvalue weighted by molar-refractivity contribution is 0.116. The molecule has 0 heterocycles. The van der Waals surface area contributed by atoms with Gasteiger partial charge in [0.25, 0.3) is 0 Å². The van der Waals surface area contributed by atoms with Crippen molar-refractivity contribution in [3.05, 3.63) is 0 Å². The molecule has 0 aliphatic heterocycles. The van der Waals surface area contributed by atoms with Gasteiger partial charge in [0.15, 0.2) is 0 Å². The fraction of sp³-hybridized carbons (Fsp3) is 1.00. The maximum absolute atomic E-state index is 9.63. The topological polar surface area (TPSA) is 52.5 Å². The van der Waals surface area contributed by atoms with E-state index in [1.807, 2.05) is 0 Å². The number of hydrogen-bond donors (Lipinski definition) is 3. The molecule has 0 aromatic heterocycles. The quantitative estimate of drug-likeness (QED) is 0.537. The molecule has 12 heavy (non-hydrogen) atoms. The van der Waals surface area contributed by atoms with Gasteiger partial charge in [-0.25, -0.2) is 0 Å². The first-order valence-corrected chi connectivity index (χ1v) is 4.87. The van der Waals surface area contributed by atoms with Gasteiger partial charge in [-0.1, -0.05) is 19.3 Å². The van der Waals surface area contributed by atoms with E-state index < -0.39 is 0 Å². The zero-order valence-electron chi connectivity index (χ0n) is 7.50. The highest BCUT2D eigenvalue weighted by molar-refractivity contribution is 4.78.